The van der Waals surface area contributed by atoms with Gasteiger partial charge in [0, 0.05) is 23.4 Å². The summed E-state index contributed by atoms with van der Waals surface area (Å²) >= 11 is 11.3. The number of nitrogens with zero attached hydrogens (tertiary/aromatic N) is 2. The Morgan fingerprint density at radius 1 is 1.50 bits per heavy atom. The smallest absolute Gasteiger partial charge is 0.0738 e. The van der Waals surface area contributed by atoms with Crippen LogP contribution in [0.25, 0.3) is 0 Å². The quantitative estimate of drug-likeness (QED) is 0.674. The normalized spacial score (nSPS) is 10.9. The lowest BCUT2D eigenvalue weighted by Gasteiger charge is -2.06. The number of nitrogens with two attached hydrogens (primary N) is 1. The second-order valence-electron chi connectivity index (χ2n) is 3.95. The molecule has 1 aromatic heterocycles. The Morgan fingerprint density at radius 2 is 2.22 bits per heavy atom. The Hall–Kier alpha value is -0.650. The van der Waals surface area contributed by atoms with Gasteiger partial charge in [-0.05, 0) is 41.1 Å². The fourth-order valence-electron chi connectivity index (χ4n) is 1.61. The van der Waals surface area contributed by atoms with Gasteiger partial charge in [-0.3, -0.25) is 4.68 Å². The molecule has 1 heterocycles. The van der Waals surface area contributed by atoms with E-state index in [9.17, 15) is 0 Å². The zero-order valence-corrected chi connectivity index (χ0v) is 13.2. The van der Waals surface area contributed by atoms with Crippen molar-refractivity contribution in [2.45, 2.75) is 17.6 Å². The first-order valence-corrected chi connectivity index (χ1v) is 7.50. The highest BCUT2D eigenvalue weighted by Crippen LogP contribution is 2.33. The van der Waals surface area contributed by atoms with Gasteiger partial charge in [0.2, 0.25) is 0 Å². The van der Waals surface area contributed by atoms with Crippen LogP contribution >= 0.6 is 39.3 Å². The topological polar surface area (TPSA) is 43.8 Å². The van der Waals surface area contributed by atoms with Gasteiger partial charge in [0.15, 0.2) is 0 Å². The van der Waals surface area contributed by atoms with E-state index < -0.39 is 0 Å². The summed E-state index contributed by atoms with van der Waals surface area (Å²) in [5.41, 5.74) is 8.61. The molecule has 0 aliphatic heterocycles. The highest BCUT2D eigenvalue weighted by Gasteiger charge is 2.11. The molecule has 1 aromatic carbocycles. The maximum atomic E-state index is 6.14. The number of aromatic nitrogens is 2. The van der Waals surface area contributed by atoms with Gasteiger partial charge in [0.1, 0.15) is 0 Å². The summed E-state index contributed by atoms with van der Waals surface area (Å²) in [5, 5.41) is 5.09. The Morgan fingerprint density at radius 3 is 2.83 bits per heavy atom. The number of hydrogen-bond donors (Lipinski definition) is 1. The number of halogens is 2. The van der Waals surface area contributed by atoms with Crippen molar-refractivity contribution in [3.8, 4) is 0 Å². The van der Waals surface area contributed by atoms with E-state index in [0.717, 1.165) is 37.2 Å². The van der Waals surface area contributed by atoms with Crippen LogP contribution in [0.1, 0.15) is 11.4 Å². The van der Waals surface area contributed by atoms with Crippen LogP contribution in [0.4, 0.5) is 5.69 Å². The van der Waals surface area contributed by atoms with E-state index in [1.807, 2.05) is 30.8 Å². The average Bonchev–Trinajstić information content (AvgIpc) is 2.55. The van der Waals surface area contributed by atoms with Gasteiger partial charge in [-0.15, -0.1) is 11.8 Å². The summed E-state index contributed by atoms with van der Waals surface area (Å²) < 4.78 is 2.93. The Bertz CT molecular complexity index is 583. The first-order valence-electron chi connectivity index (χ1n) is 5.35. The minimum Gasteiger partial charge on any atom is -0.399 e. The molecule has 0 fully saturated rings. The van der Waals surface area contributed by atoms with E-state index in [-0.39, 0.29) is 0 Å². The van der Waals surface area contributed by atoms with Gasteiger partial charge in [0.05, 0.1) is 20.9 Å². The first-order chi connectivity index (χ1) is 8.49. The standard InChI is InChI=1S/C12H13BrClN3S/c1-7-12(13)10(17(2)16-7)6-18-11-5-8(15)3-4-9(11)14/h3-5H,6,15H2,1-2H3. The molecule has 0 unspecified atom stereocenters. The maximum Gasteiger partial charge on any atom is 0.0738 e. The summed E-state index contributed by atoms with van der Waals surface area (Å²) in [4.78, 5) is 0.988. The average molecular weight is 347 g/mol. The van der Waals surface area contributed by atoms with Gasteiger partial charge in [-0.2, -0.15) is 5.10 Å². The van der Waals surface area contributed by atoms with Crippen LogP contribution in [0.15, 0.2) is 27.6 Å². The van der Waals surface area contributed by atoms with Crippen LogP contribution in [0.2, 0.25) is 5.02 Å². The molecule has 2 rings (SSSR count). The molecule has 0 saturated heterocycles. The molecule has 0 aliphatic rings. The molecule has 2 N–H and O–H groups in total. The van der Waals surface area contributed by atoms with Crippen LogP contribution in [-0.2, 0) is 12.8 Å². The van der Waals surface area contributed by atoms with Crippen molar-refractivity contribution in [2.24, 2.45) is 7.05 Å². The third-order valence-electron chi connectivity index (χ3n) is 2.58. The number of rotatable bonds is 3. The van der Waals surface area contributed by atoms with Crippen molar-refractivity contribution in [3.63, 3.8) is 0 Å². The van der Waals surface area contributed by atoms with Gasteiger partial charge < -0.3 is 5.73 Å². The predicted octanol–water partition coefficient (Wildman–Crippen LogP) is 4.02. The van der Waals surface area contributed by atoms with Crippen molar-refractivity contribution >= 4 is 45.0 Å². The highest BCUT2D eigenvalue weighted by molar-refractivity contribution is 9.10. The molecular formula is C12H13BrClN3S. The van der Waals surface area contributed by atoms with Crippen molar-refractivity contribution in [1.82, 2.24) is 9.78 Å². The number of nitrogen functional groups attached to an aromatic ring is 1. The molecule has 0 amide bonds. The molecule has 0 spiro atoms. The number of benzene rings is 1. The largest absolute Gasteiger partial charge is 0.399 e. The number of aryl methyl sites for hydroxylation is 2. The Balaban J connectivity index is 2.19. The van der Waals surface area contributed by atoms with Crippen molar-refractivity contribution in [3.05, 3.63) is 39.1 Å². The van der Waals surface area contributed by atoms with Gasteiger partial charge >= 0.3 is 0 Å². The molecular weight excluding hydrogens is 334 g/mol. The molecule has 0 atom stereocenters. The summed E-state index contributed by atoms with van der Waals surface area (Å²) in [6.45, 7) is 1.98. The SMILES string of the molecule is Cc1nn(C)c(CSc2cc(N)ccc2Cl)c1Br. The predicted molar refractivity (Wildman–Crippen MR) is 81.1 cm³/mol. The summed E-state index contributed by atoms with van der Waals surface area (Å²) in [5.74, 6) is 0.793. The van der Waals surface area contributed by atoms with Gasteiger partial charge in [-0.25, -0.2) is 0 Å². The minimum absolute atomic E-state index is 0.724. The van der Waals surface area contributed by atoms with E-state index in [1.54, 1.807) is 17.8 Å². The lowest BCUT2D eigenvalue weighted by atomic mass is 10.3. The monoisotopic (exact) mass is 345 g/mol. The lowest BCUT2D eigenvalue weighted by molar-refractivity contribution is 0.727. The third kappa shape index (κ3) is 2.84. The molecule has 0 bridgehead atoms. The maximum absolute atomic E-state index is 6.14. The van der Waals surface area contributed by atoms with Crippen LogP contribution in [0.5, 0.6) is 0 Å². The number of thioether (sulfide) groups is 1. The first kappa shape index (κ1) is 13.8. The number of hydrogen-bond acceptors (Lipinski definition) is 3. The third-order valence-corrected chi connectivity index (χ3v) is 5.12. The summed E-state index contributed by atoms with van der Waals surface area (Å²) in [6, 6.07) is 5.52. The zero-order valence-electron chi connectivity index (χ0n) is 10.1. The van der Waals surface area contributed by atoms with Crippen molar-refractivity contribution in [1.29, 1.82) is 0 Å². The fraction of sp³-hybridized carbons (Fsp3) is 0.250. The molecule has 6 heteroatoms. The van der Waals surface area contributed by atoms with Crippen LogP contribution in [-0.4, -0.2) is 9.78 Å². The lowest BCUT2D eigenvalue weighted by Crippen LogP contribution is -1.97. The highest BCUT2D eigenvalue weighted by atomic mass is 79.9. The molecule has 96 valence electrons. The molecule has 3 nitrogen and oxygen atoms in total. The second-order valence-corrected chi connectivity index (χ2v) is 6.17. The molecule has 0 saturated carbocycles. The summed E-state index contributed by atoms with van der Waals surface area (Å²) in [7, 11) is 1.94. The van der Waals surface area contributed by atoms with E-state index in [4.69, 9.17) is 17.3 Å². The molecule has 0 radical (unpaired) electrons. The second kappa shape index (κ2) is 5.55. The van der Waals surface area contributed by atoms with Crippen LogP contribution in [0.3, 0.4) is 0 Å². The molecule has 0 aliphatic carbocycles. The Labute approximate surface area is 124 Å². The van der Waals surface area contributed by atoms with Crippen molar-refractivity contribution < 1.29 is 0 Å². The number of anilines is 1. The minimum atomic E-state index is 0.724. The van der Waals surface area contributed by atoms with Crippen LogP contribution in [0, 0.1) is 6.92 Å². The van der Waals surface area contributed by atoms with Crippen molar-refractivity contribution in [2.75, 3.05) is 5.73 Å². The summed E-state index contributed by atoms with van der Waals surface area (Å²) in [6.07, 6.45) is 0. The fourth-order valence-corrected chi connectivity index (χ4v) is 3.61. The molecule has 18 heavy (non-hydrogen) atoms. The van der Waals surface area contributed by atoms with Gasteiger partial charge in [-0.1, -0.05) is 11.6 Å². The van der Waals surface area contributed by atoms with Crippen LogP contribution < -0.4 is 5.73 Å². The van der Waals surface area contributed by atoms with Gasteiger partial charge in [0.25, 0.3) is 0 Å². The van der Waals surface area contributed by atoms with E-state index in [0.29, 0.717) is 0 Å². The Kier molecular flexibility index (Phi) is 4.25. The van der Waals surface area contributed by atoms with E-state index in [2.05, 4.69) is 21.0 Å². The zero-order chi connectivity index (χ0) is 13.3. The van der Waals surface area contributed by atoms with E-state index >= 15 is 0 Å². The molecule has 2 aromatic rings. The van der Waals surface area contributed by atoms with E-state index in [1.165, 1.54) is 0 Å².